The van der Waals surface area contributed by atoms with Crippen LogP contribution in [-0.2, 0) is 6.54 Å². The highest BCUT2D eigenvalue weighted by molar-refractivity contribution is 7.99. The second-order valence-electron chi connectivity index (χ2n) is 6.41. The van der Waals surface area contributed by atoms with Gasteiger partial charge in [0.15, 0.2) is 5.96 Å². The molecule has 1 heterocycles. The molecule has 1 fully saturated rings. The lowest BCUT2D eigenvalue weighted by molar-refractivity contribution is 0.419. The average molecular weight is 358 g/mol. The highest BCUT2D eigenvalue weighted by Crippen LogP contribution is 2.26. The van der Waals surface area contributed by atoms with Crippen LogP contribution in [0.4, 0.5) is 0 Å². The number of benzene rings is 1. The summed E-state index contributed by atoms with van der Waals surface area (Å²) in [6, 6.07) is 10.9. The zero-order valence-electron chi connectivity index (χ0n) is 15.0. The fourth-order valence-electron chi connectivity index (χ4n) is 3.29. The van der Waals surface area contributed by atoms with Gasteiger partial charge in [-0.15, -0.1) is 0 Å². The predicted octanol–water partition coefficient (Wildman–Crippen LogP) is 3.21. The zero-order valence-corrected chi connectivity index (χ0v) is 15.8. The van der Waals surface area contributed by atoms with E-state index < -0.39 is 0 Å². The SMILES string of the molecule is CN=C(NCc1cccc(-n2cccn2)c1)NC1CCCC(SC)C1. The lowest BCUT2D eigenvalue weighted by atomic mass is 9.95. The zero-order chi connectivity index (χ0) is 17.5. The van der Waals surface area contributed by atoms with Crippen LogP contribution in [0.2, 0.25) is 0 Å². The van der Waals surface area contributed by atoms with Gasteiger partial charge in [0.05, 0.1) is 5.69 Å². The predicted molar refractivity (Wildman–Crippen MR) is 106 cm³/mol. The molecule has 6 heteroatoms. The summed E-state index contributed by atoms with van der Waals surface area (Å²) < 4.78 is 1.88. The van der Waals surface area contributed by atoms with E-state index in [1.54, 1.807) is 6.20 Å². The third-order valence-corrected chi connectivity index (χ3v) is 5.76. The Hall–Kier alpha value is -1.95. The van der Waals surface area contributed by atoms with Crippen molar-refractivity contribution in [2.24, 2.45) is 4.99 Å². The van der Waals surface area contributed by atoms with Crippen molar-refractivity contribution in [3.05, 3.63) is 48.3 Å². The third kappa shape index (κ3) is 5.01. The van der Waals surface area contributed by atoms with E-state index in [2.05, 4.69) is 51.2 Å². The van der Waals surface area contributed by atoms with Crippen LogP contribution in [0.3, 0.4) is 0 Å². The van der Waals surface area contributed by atoms with E-state index in [9.17, 15) is 0 Å². The minimum Gasteiger partial charge on any atom is -0.354 e. The van der Waals surface area contributed by atoms with Crippen molar-refractivity contribution in [3.8, 4) is 5.69 Å². The minimum atomic E-state index is 0.521. The van der Waals surface area contributed by atoms with Crippen molar-refractivity contribution in [1.82, 2.24) is 20.4 Å². The Morgan fingerprint density at radius 3 is 3.04 bits per heavy atom. The molecule has 2 aromatic rings. The van der Waals surface area contributed by atoms with E-state index in [4.69, 9.17) is 0 Å². The maximum atomic E-state index is 4.39. The van der Waals surface area contributed by atoms with Gasteiger partial charge in [-0.1, -0.05) is 18.6 Å². The maximum absolute atomic E-state index is 4.39. The van der Waals surface area contributed by atoms with E-state index >= 15 is 0 Å². The van der Waals surface area contributed by atoms with Crippen LogP contribution >= 0.6 is 11.8 Å². The first kappa shape index (κ1) is 17.9. The van der Waals surface area contributed by atoms with E-state index in [0.29, 0.717) is 6.04 Å². The van der Waals surface area contributed by atoms with Gasteiger partial charge in [-0.3, -0.25) is 4.99 Å². The Kier molecular flexibility index (Phi) is 6.39. The Bertz CT molecular complexity index is 683. The Labute approximate surface area is 154 Å². The Morgan fingerprint density at radius 1 is 1.36 bits per heavy atom. The van der Waals surface area contributed by atoms with E-state index in [0.717, 1.165) is 23.4 Å². The monoisotopic (exact) mass is 357 g/mol. The summed E-state index contributed by atoms with van der Waals surface area (Å²) in [5, 5.41) is 12.1. The van der Waals surface area contributed by atoms with Crippen LogP contribution in [0.15, 0.2) is 47.7 Å². The lowest BCUT2D eigenvalue weighted by Gasteiger charge is -2.29. The maximum Gasteiger partial charge on any atom is 0.191 e. The average Bonchev–Trinajstić information content (AvgIpc) is 3.20. The smallest absolute Gasteiger partial charge is 0.191 e. The van der Waals surface area contributed by atoms with Crippen LogP contribution in [0.25, 0.3) is 5.69 Å². The normalized spacial score (nSPS) is 21.1. The number of thioether (sulfide) groups is 1. The van der Waals surface area contributed by atoms with Crippen molar-refractivity contribution in [2.45, 2.75) is 43.5 Å². The first-order valence-electron chi connectivity index (χ1n) is 8.87. The molecule has 0 spiro atoms. The third-order valence-electron chi connectivity index (χ3n) is 4.66. The highest BCUT2D eigenvalue weighted by atomic mass is 32.2. The van der Waals surface area contributed by atoms with Crippen molar-refractivity contribution in [3.63, 3.8) is 0 Å². The molecule has 2 unspecified atom stereocenters. The van der Waals surface area contributed by atoms with Crippen molar-refractivity contribution in [1.29, 1.82) is 0 Å². The second kappa shape index (κ2) is 8.94. The fraction of sp³-hybridized carbons (Fsp3) is 0.474. The van der Waals surface area contributed by atoms with Crippen LogP contribution in [0.1, 0.15) is 31.2 Å². The van der Waals surface area contributed by atoms with Crippen molar-refractivity contribution < 1.29 is 0 Å². The molecule has 0 amide bonds. The molecule has 0 bridgehead atoms. The molecule has 25 heavy (non-hydrogen) atoms. The van der Waals surface area contributed by atoms with Gasteiger partial charge in [-0.25, -0.2) is 4.68 Å². The number of nitrogens with zero attached hydrogens (tertiary/aromatic N) is 3. The molecule has 5 nitrogen and oxygen atoms in total. The van der Waals surface area contributed by atoms with Crippen LogP contribution in [-0.4, -0.2) is 40.3 Å². The molecular formula is C19H27N5S. The lowest BCUT2D eigenvalue weighted by Crippen LogP contribution is -2.45. The number of rotatable bonds is 5. The number of hydrogen-bond donors (Lipinski definition) is 2. The molecule has 134 valence electrons. The molecule has 1 saturated carbocycles. The van der Waals surface area contributed by atoms with Crippen molar-refractivity contribution in [2.75, 3.05) is 13.3 Å². The summed E-state index contributed by atoms with van der Waals surface area (Å²) >= 11 is 1.99. The van der Waals surface area contributed by atoms with Gasteiger partial charge in [0.25, 0.3) is 0 Å². The number of hydrogen-bond acceptors (Lipinski definition) is 3. The quantitative estimate of drug-likeness (QED) is 0.637. The van der Waals surface area contributed by atoms with Gasteiger partial charge < -0.3 is 10.6 Å². The molecule has 1 aliphatic carbocycles. The van der Waals surface area contributed by atoms with E-state index in [1.165, 1.54) is 31.2 Å². The standard InChI is InChI=1S/C19H27N5S/c1-20-19(23-16-7-4-9-18(13-16)25-2)21-14-15-6-3-8-17(12-15)24-11-5-10-22-24/h3,5-6,8,10-12,16,18H,4,7,9,13-14H2,1-2H3,(H2,20,21,23). The van der Waals surface area contributed by atoms with Crippen LogP contribution in [0, 0.1) is 0 Å². The number of aliphatic imine (C=N–C) groups is 1. The fourth-order valence-corrected chi connectivity index (χ4v) is 4.12. The molecule has 0 aliphatic heterocycles. The van der Waals surface area contributed by atoms with Crippen molar-refractivity contribution >= 4 is 17.7 Å². The van der Waals surface area contributed by atoms with Gasteiger partial charge in [0.2, 0.25) is 0 Å². The molecule has 0 radical (unpaired) electrons. The first-order chi connectivity index (χ1) is 12.3. The first-order valence-corrected chi connectivity index (χ1v) is 10.2. The van der Waals surface area contributed by atoms with Gasteiger partial charge in [-0.05, 0) is 49.3 Å². The Balaban J connectivity index is 1.55. The van der Waals surface area contributed by atoms with Crippen LogP contribution < -0.4 is 10.6 Å². The summed E-state index contributed by atoms with van der Waals surface area (Å²) in [6.45, 7) is 0.744. The van der Waals surface area contributed by atoms with E-state index in [-0.39, 0.29) is 0 Å². The molecular weight excluding hydrogens is 330 g/mol. The van der Waals surface area contributed by atoms with Gasteiger partial charge in [-0.2, -0.15) is 16.9 Å². The van der Waals surface area contributed by atoms with Gasteiger partial charge >= 0.3 is 0 Å². The number of aromatic nitrogens is 2. The second-order valence-corrected chi connectivity index (χ2v) is 7.55. The molecule has 1 aromatic heterocycles. The van der Waals surface area contributed by atoms with Gasteiger partial charge in [0, 0.05) is 37.3 Å². The molecule has 1 aliphatic rings. The summed E-state index contributed by atoms with van der Waals surface area (Å²) in [5.74, 6) is 0.885. The minimum absolute atomic E-state index is 0.521. The highest BCUT2D eigenvalue weighted by Gasteiger charge is 2.21. The largest absolute Gasteiger partial charge is 0.354 e. The summed E-state index contributed by atoms with van der Waals surface area (Å²) in [4.78, 5) is 4.39. The topological polar surface area (TPSA) is 54.2 Å². The van der Waals surface area contributed by atoms with Crippen LogP contribution in [0.5, 0.6) is 0 Å². The molecule has 3 rings (SSSR count). The summed E-state index contributed by atoms with van der Waals surface area (Å²) in [5.41, 5.74) is 2.28. The van der Waals surface area contributed by atoms with E-state index in [1.807, 2.05) is 35.8 Å². The molecule has 2 N–H and O–H groups in total. The molecule has 0 saturated heterocycles. The Morgan fingerprint density at radius 2 is 2.28 bits per heavy atom. The number of nitrogens with one attached hydrogen (secondary N) is 2. The summed E-state index contributed by atoms with van der Waals surface area (Å²) in [7, 11) is 1.84. The molecule has 2 atom stereocenters. The molecule has 1 aromatic carbocycles. The van der Waals surface area contributed by atoms with Gasteiger partial charge in [0.1, 0.15) is 0 Å². The number of guanidine groups is 1. The summed E-state index contributed by atoms with van der Waals surface area (Å²) in [6.07, 6.45) is 11.1.